The number of ether oxygens (including phenoxy) is 1. The van der Waals surface area contributed by atoms with Gasteiger partial charge in [0.2, 0.25) is 0 Å². The molecule has 0 spiro atoms. The Kier molecular flexibility index (Phi) is 6.77. The number of hydrogen-bond donors (Lipinski definition) is 0. The Labute approximate surface area is 119 Å². The van der Waals surface area contributed by atoms with Gasteiger partial charge in [-0.2, -0.15) is 0 Å². The summed E-state index contributed by atoms with van der Waals surface area (Å²) in [7, 11) is 0. The summed E-state index contributed by atoms with van der Waals surface area (Å²) in [4.78, 5) is 22.9. The van der Waals surface area contributed by atoms with Crippen molar-refractivity contribution in [2.75, 3.05) is 0 Å². The van der Waals surface area contributed by atoms with Crippen LogP contribution in [-0.4, -0.2) is 18.0 Å². The highest BCUT2D eigenvalue weighted by atomic mass is 16.5. The standard InChI is InChI=1S/C16H22O4/c1-3-4-5-6-9-12(2)20-16(19)14-11-8-7-10-13(14)15(17)18/h7-8,10-12H,3-6,9H2,1-2H3,(H,17,18)/p-1/t12-/m0/s1. The van der Waals surface area contributed by atoms with Gasteiger partial charge in [0.25, 0.3) is 0 Å². The van der Waals surface area contributed by atoms with Gasteiger partial charge in [-0.1, -0.05) is 44.4 Å². The summed E-state index contributed by atoms with van der Waals surface area (Å²) in [5.74, 6) is -1.97. The third-order valence-electron chi connectivity index (χ3n) is 3.14. The molecule has 20 heavy (non-hydrogen) atoms. The molecule has 4 nitrogen and oxygen atoms in total. The molecule has 1 rings (SSSR count). The maximum atomic E-state index is 12.0. The summed E-state index contributed by atoms with van der Waals surface area (Å²) >= 11 is 0. The topological polar surface area (TPSA) is 66.4 Å². The summed E-state index contributed by atoms with van der Waals surface area (Å²) in [6, 6.07) is 5.94. The second-order valence-electron chi connectivity index (χ2n) is 4.90. The molecular formula is C16H21O4-. The molecule has 0 saturated carbocycles. The Morgan fingerprint density at radius 2 is 1.80 bits per heavy atom. The lowest BCUT2D eigenvalue weighted by Crippen LogP contribution is -2.26. The number of aromatic carboxylic acids is 1. The summed E-state index contributed by atoms with van der Waals surface area (Å²) < 4.78 is 5.28. The predicted molar refractivity (Wildman–Crippen MR) is 74.4 cm³/mol. The highest BCUT2D eigenvalue weighted by Crippen LogP contribution is 2.13. The normalized spacial score (nSPS) is 11.9. The van der Waals surface area contributed by atoms with Crippen LogP contribution in [0.25, 0.3) is 0 Å². The predicted octanol–water partition coefficient (Wildman–Crippen LogP) is 2.57. The first kappa shape index (κ1) is 16.2. The van der Waals surface area contributed by atoms with Crippen molar-refractivity contribution in [3.8, 4) is 0 Å². The number of unbranched alkanes of at least 4 members (excludes halogenated alkanes) is 3. The molecule has 1 atom stereocenters. The van der Waals surface area contributed by atoms with E-state index in [-0.39, 0.29) is 17.2 Å². The van der Waals surface area contributed by atoms with E-state index in [1.807, 2.05) is 6.92 Å². The zero-order chi connectivity index (χ0) is 15.0. The first-order chi connectivity index (χ1) is 9.56. The minimum Gasteiger partial charge on any atom is -0.545 e. The molecule has 0 heterocycles. The molecule has 110 valence electrons. The molecule has 0 aliphatic heterocycles. The number of carbonyl (C=O) groups is 2. The van der Waals surface area contributed by atoms with Gasteiger partial charge >= 0.3 is 5.97 Å². The van der Waals surface area contributed by atoms with Gasteiger partial charge in [-0.15, -0.1) is 0 Å². The minimum atomic E-state index is -1.37. The molecule has 1 aromatic carbocycles. The largest absolute Gasteiger partial charge is 0.545 e. The van der Waals surface area contributed by atoms with Crippen LogP contribution in [-0.2, 0) is 4.74 Å². The Morgan fingerprint density at radius 1 is 1.15 bits per heavy atom. The van der Waals surface area contributed by atoms with Crippen molar-refractivity contribution in [1.29, 1.82) is 0 Å². The highest BCUT2D eigenvalue weighted by Gasteiger charge is 2.15. The fraction of sp³-hybridized carbons (Fsp3) is 0.500. The van der Waals surface area contributed by atoms with Crippen molar-refractivity contribution in [1.82, 2.24) is 0 Å². The van der Waals surface area contributed by atoms with Gasteiger partial charge in [0.05, 0.1) is 17.6 Å². The van der Waals surface area contributed by atoms with Gasteiger partial charge in [0, 0.05) is 5.56 Å². The molecule has 0 aliphatic carbocycles. The number of carbonyl (C=O) groups excluding carboxylic acids is 2. The number of carboxylic acids is 1. The van der Waals surface area contributed by atoms with Gasteiger partial charge in [-0.05, 0) is 25.8 Å². The number of hydrogen-bond acceptors (Lipinski definition) is 4. The van der Waals surface area contributed by atoms with E-state index < -0.39 is 11.9 Å². The number of benzene rings is 1. The molecule has 0 fully saturated rings. The van der Waals surface area contributed by atoms with Crippen LogP contribution in [0.5, 0.6) is 0 Å². The Balaban J connectivity index is 2.56. The monoisotopic (exact) mass is 277 g/mol. The SMILES string of the molecule is CCCCCC[C@H](C)OC(=O)c1ccccc1C(=O)[O-]. The Bertz CT molecular complexity index is 454. The number of rotatable bonds is 8. The number of carboxylic acid groups (broad SMARTS) is 1. The molecule has 0 unspecified atom stereocenters. The molecule has 0 amide bonds. The van der Waals surface area contributed by atoms with E-state index >= 15 is 0 Å². The van der Waals surface area contributed by atoms with E-state index in [0.29, 0.717) is 0 Å². The number of esters is 1. The van der Waals surface area contributed by atoms with Gasteiger partial charge in [0.15, 0.2) is 0 Å². The highest BCUT2D eigenvalue weighted by molar-refractivity contribution is 6.01. The third-order valence-corrected chi connectivity index (χ3v) is 3.14. The van der Waals surface area contributed by atoms with Gasteiger partial charge in [-0.3, -0.25) is 0 Å². The molecule has 4 heteroatoms. The molecule has 0 bridgehead atoms. The van der Waals surface area contributed by atoms with Crippen molar-refractivity contribution < 1.29 is 19.4 Å². The summed E-state index contributed by atoms with van der Waals surface area (Å²) in [6.07, 6.45) is 5.04. The van der Waals surface area contributed by atoms with Crippen molar-refractivity contribution >= 4 is 11.9 Å². The van der Waals surface area contributed by atoms with Crippen LogP contribution in [0.3, 0.4) is 0 Å². The second-order valence-corrected chi connectivity index (χ2v) is 4.90. The van der Waals surface area contributed by atoms with Crippen molar-refractivity contribution in [2.24, 2.45) is 0 Å². The zero-order valence-electron chi connectivity index (χ0n) is 12.1. The van der Waals surface area contributed by atoms with Crippen molar-refractivity contribution in [3.63, 3.8) is 0 Å². The van der Waals surface area contributed by atoms with Crippen LogP contribution in [0.15, 0.2) is 24.3 Å². The summed E-state index contributed by atoms with van der Waals surface area (Å²) in [5, 5.41) is 10.9. The van der Waals surface area contributed by atoms with Crippen LogP contribution in [0.2, 0.25) is 0 Å². The molecule has 0 aliphatic rings. The van der Waals surface area contributed by atoms with E-state index in [2.05, 4.69) is 6.92 Å². The molecule has 1 aromatic rings. The molecular weight excluding hydrogens is 256 g/mol. The average molecular weight is 277 g/mol. The first-order valence-corrected chi connectivity index (χ1v) is 7.07. The van der Waals surface area contributed by atoms with Crippen LogP contribution in [0.4, 0.5) is 0 Å². The lowest BCUT2D eigenvalue weighted by molar-refractivity contribution is -0.255. The molecule has 0 aromatic heterocycles. The lowest BCUT2D eigenvalue weighted by atomic mass is 10.1. The zero-order valence-corrected chi connectivity index (χ0v) is 12.1. The second kappa shape index (κ2) is 8.35. The molecule has 0 N–H and O–H groups in total. The molecule has 0 saturated heterocycles. The van der Waals surface area contributed by atoms with Gasteiger partial charge < -0.3 is 14.6 Å². The maximum absolute atomic E-state index is 12.0. The summed E-state index contributed by atoms with van der Waals surface area (Å²) in [5.41, 5.74) is -0.0800. The van der Waals surface area contributed by atoms with Crippen molar-refractivity contribution in [2.45, 2.75) is 52.1 Å². The lowest BCUT2D eigenvalue weighted by Gasteiger charge is -2.15. The first-order valence-electron chi connectivity index (χ1n) is 7.07. The van der Waals surface area contributed by atoms with E-state index in [4.69, 9.17) is 4.74 Å². The van der Waals surface area contributed by atoms with Crippen LogP contribution >= 0.6 is 0 Å². The quantitative estimate of drug-likeness (QED) is 0.541. The fourth-order valence-electron chi connectivity index (χ4n) is 2.00. The minimum absolute atomic E-state index is 0.0490. The Hall–Kier alpha value is -1.84. The van der Waals surface area contributed by atoms with Gasteiger partial charge in [-0.25, -0.2) is 4.79 Å². The maximum Gasteiger partial charge on any atom is 0.339 e. The third kappa shape index (κ3) is 5.03. The fourth-order valence-corrected chi connectivity index (χ4v) is 2.00. The van der Waals surface area contributed by atoms with Crippen molar-refractivity contribution in [3.05, 3.63) is 35.4 Å². The molecule has 0 radical (unpaired) electrons. The van der Waals surface area contributed by atoms with E-state index in [1.165, 1.54) is 18.6 Å². The van der Waals surface area contributed by atoms with E-state index in [9.17, 15) is 14.7 Å². The van der Waals surface area contributed by atoms with Crippen LogP contribution in [0, 0.1) is 0 Å². The average Bonchev–Trinajstić information content (AvgIpc) is 2.43. The van der Waals surface area contributed by atoms with E-state index in [0.717, 1.165) is 25.7 Å². The van der Waals surface area contributed by atoms with Gasteiger partial charge in [0.1, 0.15) is 0 Å². The van der Waals surface area contributed by atoms with Crippen LogP contribution in [0.1, 0.15) is 66.7 Å². The smallest absolute Gasteiger partial charge is 0.339 e. The van der Waals surface area contributed by atoms with Crippen LogP contribution < -0.4 is 5.11 Å². The Morgan fingerprint density at radius 3 is 2.40 bits per heavy atom. The summed E-state index contributed by atoms with van der Waals surface area (Å²) in [6.45, 7) is 3.96. The van der Waals surface area contributed by atoms with E-state index in [1.54, 1.807) is 12.1 Å².